The number of ether oxygens (including phenoxy) is 1. The standard InChI is InChI=1S/C12H7BrN2OS/c13-7-1-2-9-8(5-7)11-10-12(16-9)14-6-15(10)3-4-17-11/h1-6,11H. The summed E-state index contributed by atoms with van der Waals surface area (Å²) in [7, 11) is 0. The molecule has 5 heteroatoms. The van der Waals surface area contributed by atoms with Crippen LogP contribution in [0.3, 0.4) is 0 Å². The molecule has 1 aromatic heterocycles. The number of hydrogen-bond donors (Lipinski definition) is 0. The lowest BCUT2D eigenvalue weighted by atomic mass is 10.1. The highest BCUT2D eigenvalue weighted by Gasteiger charge is 2.32. The Morgan fingerprint density at radius 3 is 3.29 bits per heavy atom. The molecule has 0 spiro atoms. The van der Waals surface area contributed by atoms with Crippen molar-refractivity contribution in [2.45, 2.75) is 5.25 Å². The van der Waals surface area contributed by atoms with Crippen molar-refractivity contribution >= 4 is 33.9 Å². The molecule has 4 rings (SSSR count). The molecule has 3 heterocycles. The Labute approximate surface area is 111 Å². The van der Waals surface area contributed by atoms with Gasteiger partial charge in [-0.15, -0.1) is 11.8 Å². The first-order chi connectivity index (χ1) is 8.33. The molecule has 84 valence electrons. The number of halogens is 1. The Bertz CT molecular complexity index is 650. The number of thioether (sulfide) groups is 1. The van der Waals surface area contributed by atoms with Gasteiger partial charge in [-0.05, 0) is 23.6 Å². The average Bonchev–Trinajstić information content (AvgIpc) is 2.75. The van der Waals surface area contributed by atoms with E-state index in [1.165, 1.54) is 5.56 Å². The van der Waals surface area contributed by atoms with Crippen molar-refractivity contribution in [1.29, 1.82) is 0 Å². The number of imidazole rings is 1. The van der Waals surface area contributed by atoms with Gasteiger partial charge in [-0.2, -0.15) is 0 Å². The van der Waals surface area contributed by atoms with Crippen LogP contribution in [-0.4, -0.2) is 9.55 Å². The van der Waals surface area contributed by atoms with Gasteiger partial charge in [0.25, 0.3) is 0 Å². The molecule has 1 aromatic carbocycles. The van der Waals surface area contributed by atoms with Gasteiger partial charge in [0.15, 0.2) is 0 Å². The Balaban J connectivity index is 1.99. The third-order valence-electron chi connectivity index (χ3n) is 2.94. The lowest BCUT2D eigenvalue weighted by molar-refractivity contribution is 0.441. The third-order valence-corrected chi connectivity index (χ3v) is 4.46. The summed E-state index contributed by atoms with van der Waals surface area (Å²) < 4.78 is 8.92. The van der Waals surface area contributed by atoms with Crippen LogP contribution in [-0.2, 0) is 0 Å². The van der Waals surface area contributed by atoms with Crippen LogP contribution in [0.2, 0.25) is 0 Å². The third kappa shape index (κ3) is 1.32. The van der Waals surface area contributed by atoms with Crippen LogP contribution in [0.25, 0.3) is 6.20 Å². The minimum atomic E-state index is 0.277. The Morgan fingerprint density at radius 2 is 2.35 bits per heavy atom. The molecule has 0 saturated heterocycles. The zero-order valence-corrected chi connectivity index (χ0v) is 11.0. The van der Waals surface area contributed by atoms with E-state index in [0.717, 1.165) is 21.8 Å². The van der Waals surface area contributed by atoms with Crippen molar-refractivity contribution in [1.82, 2.24) is 9.55 Å². The second-order valence-electron chi connectivity index (χ2n) is 3.93. The molecule has 2 aliphatic heterocycles. The Morgan fingerprint density at radius 1 is 1.41 bits per heavy atom. The highest BCUT2D eigenvalue weighted by atomic mass is 79.9. The summed E-state index contributed by atoms with van der Waals surface area (Å²) in [6, 6.07) is 6.09. The molecule has 1 unspecified atom stereocenters. The summed E-state index contributed by atoms with van der Waals surface area (Å²) in [5.41, 5.74) is 2.33. The number of aromatic nitrogens is 2. The molecule has 0 radical (unpaired) electrons. The van der Waals surface area contributed by atoms with Crippen molar-refractivity contribution in [3.05, 3.63) is 45.7 Å². The highest BCUT2D eigenvalue weighted by molar-refractivity contribution is 9.10. The van der Waals surface area contributed by atoms with Gasteiger partial charge >= 0.3 is 0 Å². The minimum Gasteiger partial charge on any atom is -0.437 e. The van der Waals surface area contributed by atoms with E-state index in [4.69, 9.17) is 4.74 Å². The van der Waals surface area contributed by atoms with Gasteiger partial charge in [0.2, 0.25) is 5.88 Å². The minimum absolute atomic E-state index is 0.277. The van der Waals surface area contributed by atoms with Gasteiger partial charge in [0.1, 0.15) is 17.8 Å². The fourth-order valence-corrected chi connectivity index (χ4v) is 3.60. The molecule has 0 bridgehead atoms. The van der Waals surface area contributed by atoms with Crippen LogP contribution in [0.15, 0.2) is 34.4 Å². The van der Waals surface area contributed by atoms with E-state index in [1.807, 2.05) is 22.9 Å². The first-order valence-corrected chi connectivity index (χ1v) is 6.92. The molecule has 17 heavy (non-hydrogen) atoms. The van der Waals surface area contributed by atoms with Gasteiger partial charge in [-0.3, -0.25) is 0 Å². The SMILES string of the molecule is Brc1ccc2c(c1)C1SC=Cn3cnc(c31)O2. The molecule has 2 aliphatic rings. The molecular weight excluding hydrogens is 300 g/mol. The molecule has 1 atom stereocenters. The first kappa shape index (κ1) is 9.79. The van der Waals surface area contributed by atoms with Crippen molar-refractivity contribution in [3.8, 4) is 11.6 Å². The summed E-state index contributed by atoms with van der Waals surface area (Å²) in [5, 5.41) is 2.37. The molecular formula is C12H7BrN2OS. The maximum absolute atomic E-state index is 5.82. The molecule has 0 fully saturated rings. The molecule has 2 aromatic rings. The van der Waals surface area contributed by atoms with E-state index < -0.39 is 0 Å². The van der Waals surface area contributed by atoms with Crippen molar-refractivity contribution < 1.29 is 4.74 Å². The normalized spacial score (nSPS) is 19.5. The summed E-state index contributed by atoms with van der Waals surface area (Å²) in [6.07, 6.45) is 3.81. The number of rotatable bonds is 0. The molecule has 3 nitrogen and oxygen atoms in total. The van der Waals surface area contributed by atoms with E-state index in [0.29, 0.717) is 0 Å². The summed E-state index contributed by atoms with van der Waals surface area (Å²) in [6.45, 7) is 0. The van der Waals surface area contributed by atoms with E-state index in [2.05, 4.69) is 32.4 Å². The Hall–Kier alpha value is -1.20. The quantitative estimate of drug-likeness (QED) is 0.735. The maximum atomic E-state index is 5.82. The van der Waals surface area contributed by atoms with E-state index >= 15 is 0 Å². The maximum Gasteiger partial charge on any atom is 0.242 e. The Kier molecular flexibility index (Phi) is 1.96. The zero-order chi connectivity index (χ0) is 11.4. The molecule has 0 saturated carbocycles. The highest BCUT2D eigenvalue weighted by Crippen LogP contribution is 2.51. The number of hydrogen-bond acceptors (Lipinski definition) is 3. The monoisotopic (exact) mass is 306 g/mol. The fourth-order valence-electron chi connectivity index (χ4n) is 2.18. The number of nitrogens with zero attached hydrogens (tertiary/aromatic N) is 2. The smallest absolute Gasteiger partial charge is 0.242 e. The average molecular weight is 307 g/mol. The molecule has 0 N–H and O–H groups in total. The van der Waals surface area contributed by atoms with Crippen LogP contribution < -0.4 is 4.74 Å². The van der Waals surface area contributed by atoms with Crippen LogP contribution >= 0.6 is 27.7 Å². The predicted octanol–water partition coefficient (Wildman–Crippen LogP) is 4.02. The summed E-state index contributed by atoms with van der Waals surface area (Å²) >= 11 is 5.29. The first-order valence-electron chi connectivity index (χ1n) is 5.19. The van der Waals surface area contributed by atoms with Gasteiger partial charge in [0, 0.05) is 16.2 Å². The van der Waals surface area contributed by atoms with Crippen LogP contribution in [0.5, 0.6) is 11.6 Å². The lowest BCUT2D eigenvalue weighted by Crippen LogP contribution is -2.11. The molecule has 0 aliphatic carbocycles. The van der Waals surface area contributed by atoms with Crippen molar-refractivity contribution in [2.75, 3.05) is 0 Å². The largest absolute Gasteiger partial charge is 0.437 e. The number of fused-ring (bicyclic) bond motifs is 2. The van der Waals surface area contributed by atoms with E-state index in [1.54, 1.807) is 18.1 Å². The number of benzene rings is 1. The second kappa shape index (κ2) is 3.40. The van der Waals surface area contributed by atoms with Gasteiger partial charge in [-0.25, -0.2) is 4.98 Å². The van der Waals surface area contributed by atoms with Gasteiger partial charge < -0.3 is 9.30 Å². The lowest BCUT2D eigenvalue weighted by Gasteiger charge is -2.27. The van der Waals surface area contributed by atoms with E-state index in [9.17, 15) is 0 Å². The van der Waals surface area contributed by atoms with Gasteiger partial charge in [0.05, 0.1) is 5.25 Å². The van der Waals surface area contributed by atoms with Crippen molar-refractivity contribution in [3.63, 3.8) is 0 Å². The van der Waals surface area contributed by atoms with Crippen molar-refractivity contribution in [2.24, 2.45) is 0 Å². The summed E-state index contributed by atoms with van der Waals surface area (Å²) in [5.74, 6) is 1.63. The van der Waals surface area contributed by atoms with Crippen LogP contribution in [0, 0.1) is 0 Å². The second-order valence-corrected chi connectivity index (χ2v) is 5.86. The zero-order valence-electron chi connectivity index (χ0n) is 8.63. The van der Waals surface area contributed by atoms with Gasteiger partial charge in [-0.1, -0.05) is 15.9 Å². The van der Waals surface area contributed by atoms with Crippen LogP contribution in [0.1, 0.15) is 16.5 Å². The van der Waals surface area contributed by atoms with E-state index in [-0.39, 0.29) is 5.25 Å². The molecule has 0 amide bonds. The fraction of sp³-hybridized carbons (Fsp3) is 0.0833. The predicted molar refractivity (Wildman–Crippen MR) is 71.2 cm³/mol. The topological polar surface area (TPSA) is 27.1 Å². The summed E-state index contributed by atoms with van der Waals surface area (Å²) in [4.78, 5) is 4.30. The van der Waals surface area contributed by atoms with Crippen LogP contribution in [0.4, 0.5) is 0 Å².